The number of anilines is 1. The molecule has 1 aromatic heterocycles. The summed E-state index contributed by atoms with van der Waals surface area (Å²) in [5.74, 6) is 1.30. The lowest BCUT2D eigenvalue weighted by atomic mass is 10.1. The van der Waals surface area contributed by atoms with Crippen molar-refractivity contribution in [1.29, 1.82) is 0 Å². The van der Waals surface area contributed by atoms with Crippen LogP contribution in [0.4, 0.5) is 5.69 Å². The normalized spacial score (nSPS) is 10.5. The Labute approximate surface area is 176 Å². The Balaban J connectivity index is 1.52. The number of hydrogen-bond donors (Lipinski definition) is 2. The van der Waals surface area contributed by atoms with Crippen molar-refractivity contribution >= 4 is 45.2 Å². The third kappa shape index (κ3) is 6.00. The molecule has 0 saturated heterocycles. The lowest BCUT2D eigenvalue weighted by Crippen LogP contribution is -2.25. The molecular weight excluding hydrogens is 440 g/mol. The summed E-state index contributed by atoms with van der Waals surface area (Å²) in [4.78, 5) is 24.7. The van der Waals surface area contributed by atoms with Crippen molar-refractivity contribution in [3.63, 3.8) is 0 Å². The fourth-order valence-electron chi connectivity index (χ4n) is 2.49. The molecule has 3 aromatic rings. The lowest BCUT2D eigenvalue weighted by molar-refractivity contribution is -0.113. The molecule has 2 aromatic carbocycles. The van der Waals surface area contributed by atoms with Crippen molar-refractivity contribution in [3.05, 3.63) is 88.3 Å². The van der Waals surface area contributed by atoms with Crippen LogP contribution in [0.3, 0.4) is 0 Å². The van der Waals surface area contributed by atoms with Gasteiger partial charge in [0.1, 0.15) is 5.76 Å². The monoisotopic (exact) mass is 458 g/mol. The maximum Gasteiger partial charge on any atom is 0.253 e. The highest BCUT2D eigenvalue weighted by molar-refractivity contribution is 9.10. The summed E-state index contributed by atoms with van der Waals surface area (Å²) in [5.41, 5.74) is 2.06. The number of halogens is 1. The summed E-state index contributed by atoms with van der Waals surface area (Å²) in [6.45, 7) is 0.289. The number of carbonyl (C=O) groups excluding carboxylic acids is 2. The lowest BCUT2D eigenvalue weighted by Gasteiger charge is -2.11. The summed E-state index contributed by atoms with van der Waals surface area (Å²) in [6.07, 6.45) is 1.56. The van der Waals surface area contributed by atoms with Gasteiger partial charge in [0.05, 0.1) is 29.8 Å². The maximum absolute atomic E-state index is 12.5. The van der Waals surface area contributed by atoms with E-state index in [4.69, 9.17) is 4.42 Å². The van der Waals surface area contributed by atoms with Crippen LogP contribution in [0.1, 0.15) is 21.7 Å². The zero-order chi connectivity index (χ0) is 19.8. The van der Waals surface area contributed by atoms with Crippen molar-refractivity contribution in [1.82, 2.24) is 5.32 Å². The molecule has 0 aliphatic rings. The predicted octanol–water partition coefficient (Wildman–Crippen LogP) is 4.84. The number of para-hydroxylation sites is 1. The number of thioether (sulfide) groups is 1. The highest BCUT2D eigenvalue weighted by atomic mass is 79.9. The van der Waals surface area contributed by atoms with Crippen molar-refractivity contribution in [2.75, 3.05) is 11.1 Å². The third-order valence-electron chi connectivity index (χ3n) is 3.86. The minimum Gasteiger partial charge on any atom is -0.467 e. The predicted molar refractivity (Wildman–Crippen MR) is 115 cm³/mol. The van der Waals surface area contributed by atoms with Crippen LogP contribution >= 0.6 is 27.7 Å². The molecule has 1 heterocycles. The summed E-state index contributed by atoms with van der Waals surface area (Å²) >= 11 is 4.93. The van der Waals surface area contributed by atoms with E-state index in [2.05, 4.69) is 26.6 Å². The maximum atomic E-state index is 12.5. The molecule has 7 heteroatoms. The summed E-state index contributed by atoms with van der Waals surface area (Å²) < 4.78 is 6.24. The van der Waals surface area contributed by atoms with Crippen molar-refractivity contribution in [2.24, 2.45) is 0 Å². The molecular formula is C21H19BrN2O3S. The van der Waals surface area contributed by atoms with Crippen LogP contribution < -0.4 is 10.6 Å². The molecule has 0 atom stereocenters. The van der Waals surface area contributed by atoms with Gasteiger partial charge >= 0.3 is 0 Å². The molecule has 0 fully saturated rings. The first-order chi connectivity index (χ1) is 13.6. The van der Waals surface area contributed by atoms with Gasteiger partial charge in [-0.3, -0.25) is 9.59 Å². The zero-order valence-corrected chi connectivity index (χ0v) is 17.4. The Kier molecular flexibility index (Phi) is 7.33. The van der Waals surface area contributed by atoms with E-state index in [1.54, 1.807) is 42.7 Å². The van der Waals surface area contributed by atoms with E-state index >= 15 is 0 Å². The van der Waals surface area contributed by atoms with Gasteiger partial charge in [0.2, 0.25) is 5.91 Å². The van der Waals surface area contributed by atoms with Crippen molar-refractivity contribution in [2.45, 2.75) is 12.3 Å². The molecule has 0 spiro atoms. The Bertz CT molecular complexity index is 927. The number of furan rings is 1. The molecule has 0 bridgehead atoms. The molecule has 0 saturated carbocycles. The molecule has 0 aliphatic carbocycles. The van der Waals surface area contributed by atoms with Gasteiger partial charge in [0.15, 0.2) is 0 Å². The van der Waals surface area contributed by atoms with E-state index < -0.39 is 0 Å². The van der Waals surface area contributed by atoms with E-state index in [0.717, 1.165) is 15.8 Å². The minimum atomic E-state index is -0.269. The second-order valence-electron chi connectivity index (χ2n) is 5.98. The quantitative estimate of drug-likeness (QED) is 0.506. The van der Waals surface area contributed by atoms with Crippen molar-refractivity contribution in [3.8, 4) is 0 Å². The Morgan fingerprint density at radius 2 is 1.79 bits per heavy atom. The third-order valence-corrected chi connectivity index (χ3v) is 5.40. The average Bonchev–Trinajstić information content (AvgIpc) is 3.22. The topological polar surface area (TPSA) is 71.3 Å². The van der Waals surface area contributed by atoms with Crippen LogP contribution in [0.25, 0.3) is 0 Å². The molecule has 28 heavy (non-hydrogen) atoms. The SMILES string of the molecule is O=C(CSCc1ccc(Br)cc1)Nc1ccccc1C(=O)NCc1ccco1. The van der Waals surface area contributed by atoms with Gasteiger partial charge in [-0.05, 0) is 42.0 Å². The summed E-state index contributed by atoms with van der Waals surface area (Å²) in [6, 6.07) is 18.5. The molecule has 2 N–H and O–H groups in total. The summed E-state index contributed by atoms with van der Waals surface area (Å²) in [7, 11) is 0. The van der Waals surface area contributed by atoms with Crippen LogP contribution in [0.15, 0.2) is 75.8 Å². The Hall–Kier alpha value is -2.51. The van der Waals surface area contributed by atoms with Crippen LogP contribution in [0.2, 0.25) is 0 Å². The van der Waals surface area contributed by atoms with E-state index in [-0.39, 0.29) is 18.4 Å². The smallest absolute Gasteiger partial charge is 0.253 e. The van der Waals surface area contributed by atoms with Crippen LogP contribution in [-0.4, -0.2) is 17.6 Å². The van der Waals surface area contributed by atoms with Gasteiger partial charge in [-0.2, -0.15) is 0 Å². The highest BCUT2D eigenvalue weighted by Crippen LogP contribution is 2.18. The van der Waals surface area contributed by atoms with Crippen LogP contribution in [0.5, 0.6) is 0 Å². The largest absolute Gasteiger partial charge is 0.467 e. The number of amides is 2. The molecule has 144 valence electrons. The number of rotatable bonds is 8. The molecule has 0 unspecified atom stereocenters. The van der Waals surface area contributed by atoms with Gasteiger partial charge < -0.3 is 15.1 Å². The second kappa shape index (κ2) is 10.1. The van der Waals surface area contributed by atoms with Crippen LogP contribution in [-0.2, 0) is 17.1 Å². The average molecular weight is 459 g/mol. The van der Waals surface area contributed by atoms with E-state index in [9.17, 15) is 9.59 Å². The first kappa shape index (κ1) is 20.2. The fourth-order valence-corrected chi connectivity index (χ4v) is 3.55. The number of nitrogens with one attached hydrogen (secondary N) is 2. The second-order valence-corrected chi connectivity index (χ2v) is 7.88. The highest BCUT2D eigenvalue weighted by Gasteiger charge is 2.13. The van der Waals surface area contributed by atoms with E-state index in [0.29, 0.717) is 22.8 Å². The molecule has 3 rings (SSSR count). The van der Waals surface area contributed by atoms with E-state index in [1.165, 1.54) is 11.8 Å². The number of carbonyl (C=O) groups is 2. The minimum absolute atomic E-state index is 0.145. The van der Waals surface area contributed by atoms with Gasteiger partial charge in [0, 0.05) is 10.2 Å². The van der Waals surface area contributed by atoms with Gasteiger partial charge in [-0.25, -0.2) is 0 Å². The molecule has 0 radical (unpaired) electrons. The number of hydrogen-bond acceptors (Lipinski definition) is 4. The zero-order valence-electron chi connectivity index (χ0n) is 15.0. The Morgan fingerprint density at radius 1 is 1.00 bits per heavy atom. The number of benzene rings is 2. The molecule has 5 nitrogen and oxygen atoms in total. The van der Waals surface area contributed by atoms with Crippen molar-refractivity contribution < 1.29 is 14.0 Å². The van der Waals surface area contributed by atoms with Gasteiger partial charge in [-0.15, -0.1) is 11.8 Å². The van der Waals surface area contributed by atoms with Gasteiger partial charge in [0.25, 0.3) is 5.91 Å². The fraction of sp³-hybridized carbons (Fsp3) is 0.143. The Morgan fingerprint density at radius 3 is 2.54 bits per heavy atom. The van der Waals surface area contributed by atoms with Gasteiger partial charge in [-0.1, -0.05) is 40.2 Å². The standard InChI is InChI=1S/C21H19BrN2O3S/c22-16-9-7-15(8-10-16)13-28-14-20(25)24-19-6-2-1-5-18(19)21(26)23-12-17-4-3-11-27-17/h1-11H,12-14H2,(H,23,26)(H,24,25). The first-order valence-electron chi connectivity index (χ1n) is 8.63. The van der Waals surface area contributed by atoms with E-state index in [1.807, 2.05) is 24.3 Å². The molecule has 0 aliphatic heterocycles. The summed E-state index contributed by atoms with van der Waals surface area (Å²) in [5, 5.41) is 5.62. The molecule has 2 amide bonds. The van der Waals surface area contributed by atoms with Crippen LogP contribution in [0, 0.1) is 0 Å². The first-order valence-corrected chi connectivity index (χ1v) is 10.6.